The Bertz CT molecular complexity index is 245. The van der Waals surface area contributed by atoms with Crippen LogP contribution in [0.25, 0.3) is 0 Å². The molecule has 6 nitrogen and oxygen atoms in total. The summed E-state index contributed by atoms with van der Waals surface area (Å²) in [6.07, 6.45) is -2.46. The normalized spacial score (nSPS) is 62.0. The molecule has 0 aromatic rings. The average molecular weight is 208 g/mol. The Balaban J connectivity index is 2.03. The van der Waals surface area contributed by atoms with E-state index < -0.39 is 22.0 Å². The second-order valence-electron chi connectivity index (χ2n) is 1.73. The van der Waals surface area contributed by atoms with Gasteiger partial charge in [-0.1, -0.05) is 0 Å². The third kappa shape index (κ3) is 1.16. The lowest BCUT2D eigenvalue weighted by Crippen LogP contribution is -2.51. The van der Waals surface area contributed by atoms with Gasteiger partial charge in [-0.05, 0) is 0 Å². The summed E-state index contributed by atoms with van der Waals surface area (Å²) in [7, 11) is -9.29. The van der Waals surface area contributed by atoms with Crippen LogP contribution in [0.15, 0.2) is 0 Å². The Morgan fingerprint density at radius 3 is 1.36 bits per heavy atom. The molecule has 0 bridgehead atoms. The number of hydrogen-bond donors (Lipinski definition) is 0. The van der Waals surface area contributed by atoms with E-state index in [1.54, 1.807) is 0 Å². The molecule has 0 unspecified atom stereocenters. The lowest BCUT2D eigenvalue weighted by Gasteiger charge is -2.44. The molecule has 0 aromatic heterocycles. The summed E-state index contributed by atoms with van der Waals surface area (Å²) in [5.74, 6) is 0. The SMILES string of the molecule is O=P1(F)OC2(O1)OP(=O)(F)O2. The van der Waals surface area contributed by atoms with Crippen molar-refractivity contribution in [3.63, 3.8) is 0 Å². The van der Waals surface area contributed by atoms with Gasteiger partial charge in [0, 0.05) is 0 Å². The quantitative estimate of drug-likeness (QED) is 0.565. The third-order valence-electron chi connectivity index (χ3n) is 0.883. The standard InChI is InChI=1S/CF2O6P2/c2-10(4)6-1(7-10)8-11(3,5)9-1. The van der Waals surface area contributed by atoms with Gasteiger partial charge in [-0.2, -0.15) is 18.1 Å². The Labute approximate surface area is 58.7 Å². The molecular formula is CF2O6P2. The predicted octanol–water partition coefficient (Wildman–Crippen LogP) is 1.85. The summed E-state index contributed by atoms with van der Waals surface area (Å²) in [5.41, 5.74) is 0. The molecule has 2 saturated heterocycles. The second kappa shape index (κ2) is 1.74. The minimum absolute atomic E-state index is 2.46. The zero-order valence-electron chi connectivity index (χ0n) is 4.60. The molecule has 2 aliphatic heterocycles. The van der Waals surface area contributed by atoms with Gasteiger partial charge in [0.1, 0.15) is 0 Å². The smallest absolute Gasteiger partial charge is 0.223 e. The van der Waals surface area contributed by atoms with Crippen LogP contribution in [-0.4, -0.2) is 6.16 Å². The van der Waals surface area contributed by atoms with E-state index in [2.05, 4.69) is 18.1 Å². The molecule has 2 heterocycles. The highest BCUT2D eigenvalue weighted by molar-refractivity contribution is 7.51. The summed E-state index contributed by atoms with van der Waals surface area (Å²) in [5, 5.41) is 0. The highest BCUT2D eigenvalue weighted by Crippen LogP contribution is 2.79. The van der Waals surface area contributed by atoms with E-state index in [1.165, 1.54) is 0 Å². The Morgan fingerprint density at radius 2 is 1.18 bits per heavy atom. The maximum absolute atomic E-state index is 11.9. The van der Waals surface area contributed by atoms with E-state index in [-0.39, 0.29) is 0 Å². The van der Waals surface area contributed by atoms with Crippen molar-refractivity contribution in [1.82, 2.24) is 0 Å². The second-order valence-corrected chi connectivity index (χ2v) is 4.18. The maximum atomic E-state index is 11.9. The van der Waals surface area contributed by atoms with Crippen molar-refractivity contribution in [2.45, 2.75) is 6.16 Å². The van der Waals surface area contributed by atoms with E-state index >= 15 is 0 Å². The van der Waals surface area contributed by atoms with Gasteiger partial charge in [-0.15, -0.1) is 8.39 Å². The van der Waals surface area contributed by atoms with Crippen LogP contribution < -0.4 is 0 Å². The molecule has 0 saturated carbocycles. The van der Waals surface area contributed by atoms with Gasteiger partial charge >= 0.3 is 22.0 Å². The minimum Gasteiger partial charge on any atom is -0.223 e. The fraction of sp³-hybridized carbons (Fsp3) is 1.00. The average Bonchev–Trinajstić information content (AvgIpc) is 1.52. The molecule has 0 aliphatic carbocycles. The van der Waals surface area contributed by atoms with Crippen molar-refractivity contribution in [3.8, 4) is 0 Å². The Morgan fingerprint density at radius 1 is 0.909 bits per heavy atom. The number of halogens is 2. The van der Waals surface area contributed by atoms with Crippen LogP contribution in [0.3, 0.4) is 0 Å². The van der Waals surface area contributed by atoms with Crippen molar-refractivity contribution in [2.24, 2.45) is 0 Å². The third-order valence-corrected chi connectivity index (χ3v) is 2.65. The van der Waals surface area contributed by atoms with E-state index in [0.717, 1.165) is 0 Å². The van der Waals surface area contributed by atoms with Gasteiger partial charge in [0.05, 0.1) is 0 Å². The molecule has 64 valence electrons. The summed E-state index contributed by atoms with van der Waals surface area (Å²) >= 11 is 0. The van der Waals surface area contributed by atoms with Crippen molar-refractivity contribution in [1.29, 1.82) is 0 Å². The summed E-state index contributed by atoms with van der Waals surface area (Å²) in [4.78, 5) is 0. The molecular weight excluding hydrogens is 208 g/mol. The molecule has 0 aromatic carbocycles. The predicted molar refractivity (Wildman–Crippen MR) is 24.5 cm³/mol. The maximum Gasteiger partial charge on any atom is 0.525 e. The van der Waals surface area contributed by atoms with Crippen LogP contribution in [-0.2, 0) is 27.2 Å². The largest absolute Gasteiger partial charge is 0.525 e. The molecule has 0 amide bonds. The first-order valence-corrected chi connectivity index (χ1v) is 5.12. The number of hydrogen-bond acceptors (Lipinski definition) is 6. The lowest BCUT2D eigenvalue weighted by atomic mass is 11.2. The van der Waals surface area contributed by atoms with Crippen LogP contribution in [0.5, 0.6) is 0 Å². The first kappa shape index (κ1) is 7.79. The fourth-order valence-electron chi connectivity index (χ4n) is 0.615. The molecule has 0 N–H and O–H groups in total. The first-order chi connectivity index (χ1) is 4.83. The first-order valence-electron chi connectivity index (χ1n) is 2.25. The molecule has 11 heavy (non-hydrogen) atoms. The van der Waals surface area contributed by atoms with Gasteiger partial charge in [0.15, 0.2) is 0 Å². The van der Waals surface area contributed by atoms with Crippen molar-refractivity contribution in [2.75, 3.05) is 0 Å². The summed E-state index contributed by atoms with van der Waals surface area (Å²) < 4.78 is 58.6. The van der Waals surface area contributed by atoms with Crippen molar-refractivity contribution < 1.29 is 35.6 Å². The van der Waals surface area contributed by atoms with Crippen LogP contribution in [0.2, 0.25) is 0 Å². The molecule has 0 radical (unpaired) electrons. The zero-order valence-corrected chi connectivity index (χ0v) is 6.39. The van der Waals surface area contributed by atoms with Crippen molar-refractivity contribution in [3.05, 3.63) is 0 Å². The topological polar surface area (TPSA) is 71.1 Å². The van der Waals surface area contributed by atoms with Gasteiger partial charge in [-0.25, -0.2) is 9.13 Å². The highest BCUT2D eigenvalue weighted by atomic mass is 31.2. The molecule has 2 aliphatic rings. The van der Waals surface area contributed by atoms with Gasteiger partial charge in [0.2, 0.25) is 0 Å². The Kier molecular flexibility index (Phi) is 1.23. The molecule has 1 spiro atoms. The van der Waals surface area contributed by atoms with E-state index in [4.69, 9.17) is 0 Å². The molecule has 2 fully saturated rings. The van der Waals surface area contributed by atoms with Crippen LogP contribution in [0, 0.1) is 0 Å². The van der Waals surface area contributed by atoms with Gasteiger partial charge in [-0.3, -0.25) is 0 Å². The lowest BCUT2D eigenvalue weighted by molar-refractivity contribution is -0.475. The molecule has 0 atom stereocenters. The summed E-state index contributed by atoms with van der Waals surface area (Å²) in [6, 6.07) is 0. The minimum atomic E-state index is -4.65. The van der Waals surface area contributed by atoms with E-state index in [0.29, 0.717) is 0 Å². The zero-order chi connectivity index (χ0) is 8.33. The van der Waals surface area contributed by atoms with E-state index in [1.807, 2.05) is 0 Å². The molecule has 10 heteroatoms. The van der Waals surface area contributed by atoms with Gasteiger partial charge in [0.25, 0.3) is 0 Å². The highest BCUT2D eigenvalue weighted by Gasteiger charge is 2.74. The Hall–Kier alpha value is 0.160. The molecule has 2 rings (SSSR count). The van der Waals surface area contributed by atoms with Crippen molar-refractivity contribution >= 4 is 15.8 Å². The number of rotatable bonds is 0. The van der Waals surface area contributed by atoms with Crippen LogP contribution in [0.1, 0.15) is 0 Å². The van der Waals surface area contributed by atoms with Gasteiger partial charge < -0.3 is 0 Å². The van der Waals surface area contributed by atoms with Crippen LogP contribution >= 0.6 is 15.8 Å². The fourth-order valence-corrected chi connectivity index (χ4v) is 2.24. The summed E-state index contributed by atoms with van der Waals surface area (Å²) in [6.45, 7) is 0. The monoisotopic (exact) mass is 208 g/mol. The van der Waals surface area contributed by atoms with Crippen LogP contribution in [0.4, 0.5) is 8.39 Å². The van der Waals surface area contributed by atoms with E-state index in [9.17, 15) is 17.5 Å².